The van der Waals surface area contributed by atoms with Crippen molar-refractivity contribution < 1.29 is 14.6 Å². The summed E-state index contributed by atoms with van der Waals surface area (Å²) in [6, 6.07) is 0. The van der Waals surface area contributed by atoms with E-state index < -0.39 is 0 Å². The molecule has 1 aliphatic rings. The zero-order chi connectivity index (χ0) is 10.7. The third-order valence-corrected chi connectivity index (χ3v) is 3.63. The van der Waals surface area contributed by atoms with Crippen molar-refractivity contribution in [2.45, 2.75) is 39.6 Å². The molecule has 14 heavy (non-hydrogen) atoms. The minimum absolute atomic E-state index is 0.0715. The second kappa shape index (κ2) is 5.10. The van der Waals surface area contributed by atoms with E-state index in [1.165, 1.54) is 0 Å². The van der Waals surface area contributed by atoms with Gasteiger partial charge in [-0.1, -0.05) is 20.8 Å². The molecule has 3 nitrogen and oxygen atoms in total. The lowest BCUT2D eigenvalue weighted by molar-refractivity contribution is -0.248. The van der Waals surface area contributed by atoms with Crippen LogP contribution >= 0.6 is 0 Å². The first-order valence-electron chi connectivity index (χ1n) is 5.44. The lowest BCUT2D eigenvalue weighted by atomic mass is 9.77. The molecule has 1 fully saturated rings. The Morgan fingerprint density at radius 1 is 1.29 bits per heavy atom. The monoisotopic (exact) mass is 202 g/mol. The van der Waals surface area contributed by atoms with E-state index in [-0.39, 0.29) is 19.0 Å². The van der Waals surface area contributed by atoms with Gasteiger partial charge in [-0.05, 0) is 18.3 Å². The van der Waals surface area contributed by atoms with E-state index in [1.54, 1.807) is 7.11 Å². The highest BCUT2D eigenvalue weighted by Crippen LogP contribution is 2.36. The normalized spacial score (nSPS) is 43.9. The van der Waals surface area contributed by atoms with Crippen molar-refractivity contribution in [3.8, 4) is 0 Å². The molecule has 5 atom stereocenters. The molecule has 1 N–H and O–H groups in total. The lowest BCUT2D eigenvalue weighted by Crippen LogP contribution is -2.47. The summed E-state index contributed by atoms with van der Waals surface area (Å²) in [5.41, 5.74) is 0. The Hall–Kier alpha value is -0.120. The number of aliphatic hydroxyl groups excluding tert-OH is 1. The molecule has 1 aliphatic heterocycles. The topological polar surface area (TPSA) is 38.7 Å². The van der Waals surface area contributed by atoms with E-state index >= 15 is 0 Å². The maximum atomic E-state index is 9.17. The van der Waals surface area contributed by atoms with Gasteiger partial charge in [-0.2, -0.15) is 0 Å². The highest BCUT2D eigenvalue weighted by Gasteiger charge is 2.40. The van der Waals surface area contributed by atoms with Gasteiger partial charge in [-0.3, -0.25) is 0 Å². The average Bonchev–Trinajstić information content (AvgIpc) is 2.21. The smallest absolute Gasteiger partial charge is 0.160 e. The number of hydrogen-bond donors (Lipinski definition) is 1. The van der Waals surface area contributed by atoms with Gasteiger partial charge in [0, 0.05) is 13.0 Å². The Kier molecular flexibility index (Phi) is 4.35. The van der Waals surface area contributed by atoms with Crippen LogP contribution in [0.25, 0.3) is 0 Å². The summed E-state index contributed by atoms with van der Waals surface area (Å²) in [7, 11) is 1.67. The quantitative estimate of drug-likeness (QED) is 0.756. The summed E-state index contributed by atoms with van der Waals surface area (Å²) >= 11 is 0. The first-order valence-corrected chi connectivity index (χ1v) is 5.44. The fourth-order valence-corrected chi connectivity index (χ4v) is 2.38. The molecule has 0 spiro atoms. The molecule has 0 bridgehead atoms. The Bertz CT molecular complexity index is 170. The minimum Gasteiger partial charge on any atom is -0.394 e. The van der Waals surface area contributed by atoms with Gasteiger partial charge in [-0.15, -0.1) is 0 Å². The summed E-state index contributed by atoms with van der Waals surface area (Å²) in [5.74, 6) is 1.38. The Labute approximate surface area is 86.4 Å². The molecule has 0 aromatic heterocycles. The summed E-state index contributed by atoms with van der Waals surface area (Å²) in [5, 5.41) is 9.17. The number of methoxy groups -OCH3 is 1. The molecular weight excluding hydrogens is 180 g/mol. The summed E-state index contributed by atoms with van der Waals surface area (Å²) in [6.45, 7) is 6.60. The zero-order valence-corrected chi connectivity index (χ0v) is 9.56. The highest BCUT2D eigenvalue weighted by atomic mass is 16.7. The van der Waals surface area contributed by atoms with E-state index in [9.17, 15) is 5.11 Å². The van der Waals surface area contributed by atoms with Crippen molar-refractivity contribution in [1.29, 1.82) is 0 Å². The zero-order valence-electron chi connectivity index (χ0n) is 9.56. The number of hydrogen-bond acceptors (Lipinski definition) is 3. The van der Waals surface area contributed by atoms with Gasteiger partial charge < -0.3 is 14.6 Å². The largest absolute Gasteiger partial charge is 0.394 e. The van der Waals surface area contributed by atoms with Crippen LogP contribution in [0.4, 0.5) is 0 Å². The first kappa shape index (κ1) is 12.0. The predicted molar refractivity (Wildman–Crippen MR) is 54.9 cm³/mol. The molecule has 0 amide bonds. The Morgan fingerprint density at radius 2 is 1.93 bits per heavy atom. The number of aliphatic hydroxyl groups is 1. The van der Waals surface area contributed by atoms with Gasteiger partial charge in [-0.25, -0.2) is 0 Å². The van der Waals surface area contributed by atoms with Crippen molar-refractivity contribution in [3.05, 3.63) is 0 Å². The van der Waals surface area contributed by atoms with Gasteiger partial charge >= 0.3 is 0 Å². The van der Waals surface area contributed by atoms with E-state index in [4.69, 9.17) is 9.47 Å². The van der Waals surface area contributed by atoms with Crippen molar-refractivity contribution in [2.24, 2.45) is 17.8 Å². The van der Waals surface area contributed by atoms with Crippen LogP contribution in [0.15, 0.2) is 0 Å². The highest BCUT2D eigenvalue weighted by molar-refractivity contribution is 4.83. The standard InChI is InChI=1S/C11H22O3/c1-5-9-7(2)8(3)10(6-12)14-11(9)13-4/h7-12H,5-6H2,1-4H3/t7-,8-,9?,10?,11-/m0/s1. The molecule has 1 heterocycles. The van der Waals surface area contributed by atoms with Crippen LogP contribution in [-0.4, -0.2) is 31.2 Å². The summed E-state index contributed by atoms with van der Waals surface area (Å²) in [6.07, 6.45) is 0.836. The van der Waals surface area contributed by atoms with Gasteiger partial charge in [0.1, 0.15) is 0 Å². The molecular formula is C11H22O3. The molecule has 0 aromatic rings. The Balaban J connectivity index is 2.71. The number of rotatable bonds is 3. The van der Waals surface area contributed by atoms with Crippen LogP contribution in [-0.2, 0) is 9.47 Å². The van der Waals surface area contributed by atoms with E-state index in [0.717, 1.165) is 6.42 Å². The van der Waals surface area contributed by atoms with Crippen LogP contribution in [0, 0.1) is 17.8 Å². The molecule has 1 rings (SSSR count). The molecule has 0 saturated carbocycles. The van der Waals surface area contributed by atoms with Gasteiger partial charge in [0.15, 0.2) is 6.29 Å². The molecule has 84 valence electrons. The summed E-state index contributed by atoms with van der Waals surface area (Å²) < 4.78 is 11.0. The first-order chi connectivity index (χ1) is 6.65. The van der Waals surface area contributed by atoms with Crippen LogP contribution in [0.2, 0.25) is 0 Å². The molecule has 1 saturated heterocycles. The second-order valence-corrected chi connectivity index (χ2v) is 4.25. The minimum atomic E-state index is -0.150. The van der Waals surface area contributed by atoms with Gasteiger partial charge in [0.25, 0.3) is 0 Å². The molecule has 0 aliphatic carbocycles. The Morgan fingerprint density at radius 3 is 2.36 bits per heavy atom. The van der Waals surface area contributed by atoms with E-state index in [2.05, 4.69) is 20.8 Å². The second-order valence-electron chi connectivity index (χ2n) is 4.25. The SMILES string of the molecule is CCC1[C@@H](OC)OC(CO)[C@@H](C)[C@@H]1C. The maximum Gasteiger partial charge on any atom is 0.160 e. The molecule has 0 aromatic carbocycles. The summed E-state index contributed by atoms with van der Waals surface area (Å²) in [4.78, 5) is 0. The van der Waals surface area contributed by atoms with Crippen molar-refractivity contribution in [3.63, 3.8) is 0 Å². The number of ether oxygens (including phenoxy) is 2. The van der Waals surface area contributed by atoms with Crippen molar-refractivity contribution in [1.82, 2.24) is 0 Å². The van der Waals surface area contributed by atoms with Crippen LogP contribution in [0.3, 0.4) is 0 Å². The van der Waals surface area contributed by atoms with Crippen molar-refractivity contribution in [2.75, 3.05) is 13.7 Å². The molecule has 3 heteroatoms. The van der Waals surface area contributed by atoms with Gasteiger partial charge in [0.05, 0.1) is 12.7 Å². The third kappa shape index (κ3) is 2.10. The average molecular weight is 202 g/mol. The lowest BCUT2D eigenvalue weighted by Gasteiger charge is -2.43. The van der Waals surface area contributed by atoms with Gasteiger partial charge in [0.2, 0.25) is 0 Å². The van der Waals surface area contributed by atoms with E-state index in [1.807, 2.05) is 0 Å². The molecule has 0 radical (unpaired) electrons. The van der Waals surface area contributed by atoms with Crippen molar-refractivity contribution >= 4 is 0 Å². The predicted octanol–water partition coefficient (Wildman–Crippen LogP) is 1.65. The van der Waals surface area contributed by atoms with Crippen LogP contribution < -0.4 is 0 Å². The van der Waals surface area contributed by atoms with Crippen LogP contribution in [0.5, 0.6) is 0 Å². The maximum absolute atomic E-state index is 9.17. The fourth-order valence-electron chi connectivity index (χ4n) is 2.38. The fraction of sp³-hybridized carbons (Fsp3) is 1.00. The van der Waals surface area contributed by atoms with Crippen LogP contribution in [0.1, 0.15) is 27.2 Å². The molecule has 2 unspecified atom stereocenters. The van der Waals surface area contributed by atoms with E-state index in [0.29, 0.717) is 17.8 Å². The third-order valence-electron chi connectivity index (χ3n) is 3.63.